The van der Waals surface area contributed by atoms with Crippen LogP contribution >= 0.6 is 0 Å². The van der Waals surface area contributed by atoms with Crippen molar-refractivity contribution in [2.45, 2.75) is 13.0 Å². The number of fused-ring (bicyclic) bond motifs is 1. The van der Waals surface area contributed by atoms with Crippen molar-refractivity contribution in [2.24, 2.45) is 5.73 Å². The molecule has 3 N–H and O–H groups in total. The number of amides is 1. The molecular formula is C8H10N4O. The topological polar surface area (TPSA) is 80.9 Å². The Morgan fingerprint density at radius 2 is 2.46 bits per heavy atom. The fourth-order valence-electron chi connectivity index (χ4n) is 1.29. The van der Waals surface area contributed by atoms with Crippen LogP contribution in [0, 0.1) is 0 Å². The van der Waals surface area contributed by atoms with Gasteiger partial charge in [0, 0.05) is 12.6 Å². The van der Waals surface area contributed by atoms with Crippen molar-refractivity contribution in [1.82, 2.24) is 15.3 Å². The number of nitrogens with two attached hydrogens (primary N) is 1. The standard InChI is InChI=1S/C8H10N4O/c9-2-1-7-10-3-5-6(12-7)4-11-8(5)13/h3H,1-2,4,9H2,(H,11,13). The highest BCUT2D eigenvalue weighted by Gasteiger charge is 2.20. The molecule has 0 spiro atoms. The third-order valence-electron chi connectivity index (χ3n) is 1.95. The van der Waals surface area contributed by atoms with Gasteiger partial charge in [0.15, 0.2) is 0 Å². The van der Waals surface area contributed by atoms with Gasteiger partial charge in [-0.2, -0.15) is 0 Å². The van der Waals surface area contributed by atoms with Crippen LogP contribution in [0.4, 0.5) is 0 Å². The molecule has 0 aliphatic carbocycles. The summed E-state index contributed by atoms with van der Waals surface area (Å²) in [5.41, 5.74) is 6.74. The maximum absolute atomic E-state index is 11.1. The Balaban J connectivity index is 2.34. The average molecular weight is 178 g/mol. The van der Waals surface area contributed by atoms with E-state index >= 15 is 0 Å². The summed E-state index contributed by atoms with van der Waals surface area (Å²) in [5.74, 6) is 0.618. The van der Waals surface area contributed by atoms with Crippen molar-refractivity contribution >= 4 is 5.91 Å². The van der Waals surface area contributed by atoms with Gasteiger partial charge in [-0.3, -0.25) is 4.79 Å². The van der Waals surface area contributed by atoms with E-state index < -0.39 is 0 Å². The Bertz CT molecular complexity index is 350. The molecule has 0 bridgehead atoms. The van der Waals surface area contributed by atoms with Gasteiger partial charge in [-0.05, 0) is 6.54 Å². The normalized spacial score (nSPS) is 14.1. The highest BCUT2D eigenvalue weighted by Crippen LogP contribution is 2.11. The van der Waals surface area contributed by atoms with Crippen LogP contribution in [0.3, 0.4) is 0 Å². The Kier molecular flexibility index (Phi) is 1.94. The van der Waals surface area contributed by atoms with E-state index in [2.05, 4.69) is 15.3 Å². The van der Waals surface area contributed by atoms with E-state index in [1.807, 2.05) is 0 Å². The predicted octanol–water partition coefficient (Wildman–Crippen LogP) is -0.779. The number of hydrogen-bond acceptors (Lipinski definition) is 4. The second-order valence-corrected chi connectivity index (χ2v) is 2.87. The number of nitrogens with zero attached hydrogens (tertiary/aromatic N) is 2. The lowest BCUT2D eigenvalue weighted by Crippen LogP contribution is -2.12. The van der Waals surface area contributed by atoms with Crippen molar-refractivity contribution < 1.29 is 4.79 Å². The quantitative estimate of drug-likeness (QED) is 0.622. The van der Waals surface area contributed by atoms with E-state index in [0.29, 0.717) is 30.9 Å². The van der Waals surface area contributed by atoms with Gasteiger partial charge in [0.2, 0.25) is 0 Å². The van der Waals surface area contributed by atoms with E-state index in [1.54, 1.807) is 6.20 Å². The molecule has 1 aliphatic heterocycles. The summed E-state index contributed by atoms with van der Waals surface area (Å²) < 4.78 is 0. The first-order chi connectivity index (χ1) is 6.31. The third-order valence-corrected chi connectivity index (χ3v) is 1.95. The number of hydrogen-bond donors (Lipinski definition) is 2. The van der Waals surface area contributed by atoms with Gasteiger partial charge in [0.05, 0.1) is 17.8 Å². The maximum atomic E-state index is 11.1. The molecule has 13 heavy (non-hydrogen) atoms. The Morgan fingerprint density at radius 1 is 1.62 bits per heavy atom. The number of carbonyl (C=O) groups is 1. The lowest BCUT2D eigenvalue weighted by Gasteiger charge is -1.98. The van der Waals surface area contributed by atoms with E-state index in [0.717, 1.165) is 5.69 Å². The zero-order valence-electron chi connectivity index (χ0n) is 7.08. The first kappa shape index (κ1) is 8.12. The molecule has 0 radical (unpaired) electrons. The molecule has 0 saturated carbocycles. The summed E-state index contributed by atoms with van der Waals surface area (Å²) in [6, 6.07) is 0. The molecule has 2 rings (SSSR count). The fourth-order valence-corrected chi connectivity index (χ4v) is 1.29. The van der Waals surface area contributed by atoms with Gasteiger partial charge >= 0.3 is 0 Å². The summed E-state index contributed by atoms with van der Waals surface area (Å²) >= 11 is 0. The Labute approximate surface area is 75.4 Å². The van der Waals surface area contributed by atoms with Gasteiger partial charge in [-0.1, -0.05) is 0 Å². The lowest BCUT2D eigenvalue weighted by atomic mass is 10.2. The maximum Gasteiger partial charge on any atom is 0.255 e. The highest BCUT2D eigenvalue weighted by molar-refractivity contribution is 5.97. The minimum atomic E-state index is -0.0886. The fraction of sp³-hybridized carbons (Fsp3) is 0.375. The molecule has 5 nitrogen and oxygen atoms in total. The monoisotopic (exact) mass is 178 g/mol. The lowest BCUT2D eigenvalue weighted by molar-refractivity contribution is 0.0965. The van der Waals surface area contributed by atoms with Crippen molar-refractivity contribution in [1.29, 1.82) is 0 Å². The van der Waals surface area contributed by atoms with E-state index in [1.165, 1.54) is 0 Å². The Morgan fingerprint density at radius 3 is 3.23 bits per heavy atom. The molecule has 68 valence electrons. The molecular weight excluding hydrogens is 168 g/mol. The van der Waals surface area contributed by atoms with Crippen molar-refractivity contribution in [3.05, 3.63) is 23.3 Å². The molecule has 0 aromatic carbocycles. The summed E-state index contributed by atoms with van der Waals surface area (Å²) in [7, 11) is 0. The van der Waals surface area contributed by atoms with Crippen LogP contribution in [-0.4, -0.2) is 22.4 Å². The minimum absolute atomic E-state index is 0.0886. The number of rotatable bonds is 2. The van der Waals surface area contributed by atoms with Crippen LogP contribution in [0.5, 0.6) is 0 Å². The van der Waals surface area contributed by atoms with E-state index in [4.69, 9.17) is 5.73 Å². The second-order valence-electron chi connectivity index (χ2n) is 2.87. The first-order valence-electron chi connectivity index (χ1n) is 4.14. The van der Waals surface area contributed by atoms with Crippen LogP contribution < -0.4 is 11.1 Å². The molecule has 0 unspecified atom stereocenters. The molecule has 0 fully saturated rings. The molecule has 5 heteroatoms. The molecule has 1 aromatic heterocycles. The summed E-state index contributed by atoms with van der Waals surface area (Å²) in [5, 5.41) is 2.68. The van der Waals surface area contributed by atoms with Crippen molar-refractivity contribution in [3.8, 4) is 0 Å². The smallest absolute Gasteiger partial charge is 0.255 e. The minimum Gasteiger partial charge on any atom is -0.346 e. The summed E-state index contributed by atoms with van der Waals surface area (Å²) in [6.07, 6.45) is 2.22. The van der Waals surface area contributed by atoms with Crippen LogP contribution in [-0.2, 0) is 13.0 Å². The molecule has 0 saturated heterocycles. The summed E-state index contributed by atoms with van der Waals surface area (Å²) in [4.78, 5) is 19.4. The zero-order chi connectivity index (χ0) is 9.26. The molecule has 1 amide bonds. The van der Waals surface area contributed by atoms with Gasteiger partial charge < -0.3 is 11.1 Å². The predicted molar refractivity (Wildman–Crippen MR) is 46.0 cm³/mol. The van der Waals surface area contributed by atoms with E-state index in [-0.39, 0.29) is 5.91 Å². The van der Waals surface area contributed by atoms with Gasteiger partial charge in [0.1, 0.15) is 5.82 Å². The largest absolute Gasteiger partial charge is 0.346 e. The first-order valence-corrected chi connectivity index (χ1v) is 4.14. The van der Waals surface area contributed by atoms with Crippen LogP contribution in [0.25, 0.3) is 0 Å². The summed E-state index contributed by atoms with van der Waals surface area (Å²) in [6.45, 7) is 1.04. The van der Waals surface area contributed by atoms with Gasteiger partial charge in [-0.15, -0.1) is 0 Å². The average Bonchev–Trinajstić information content (AvgIpc) is 2.48. The van der Waals surface area contributed by atoms with Crippen molar-refractivity contribution in [3.63, 3.8) is 0 Å². The Hall–Kier alpha value is -1.49. The number of carbonyl (C=O) groups excluding carboxylic acids is 1. The van der Waals surface area contributed by atoms with Crippen LogP contribution in [0.15, 0.2) is 6.20 Å². The molecule has 1 aliphatic rings. The second kappa shape index (κ2) is 3.10. The number of aromatic nitrogens is 2. The third kappa shape index (κ3) is 1.38. The van der Waals surface area contributed by atoms with Crippen LogP contribution in [0.1, 0.15) is 21.9 Å². The number of nitrogens with one attached hydrogen (secondary N) is 1. The SMILES string of the molecule is NCCc1ncc2c(n1)CNC2=O. The van der Waals surface area contributed by atoms with Crippen molar-refractivity contribution in [2.75, 3.05) is 6.54 Å². The molecule has 1 aromatic rings. The molecule has 0 atom stereocenters. The highest BCUT2D eigenvalue weighted by atomic mass is 16.1. The molecule has 2 heterocycles. The van der Waals surface area contributed by atoms with E-state index in [9.17, 15) is 4.79 Å². The zero-order valence-corrected chi connectivity index (χ0v) is 7.08. The van der Waals surface area contributed by atoms with Gasteiger partial charge in [0.25, 0.3) is 5.91 Å². The van der Waals surface area contributed by atoms with Crippen LogP contribution in [0.2, 0.25) is 0 Å². The van der Waals surface area contributed by atoms with Gasteiger partial charge in [-0.25, -0.2) is 9.97 Å².